The van der Waals surface area contributed by atoms with Crippen molar-refractivity contribution >= 4 is 5.69 Å². The summed E-state index contributed by atoms with van der Waals surface area (Å²) in [6.07, 6.45) is 8.01. The van der Waals surface area contributed by atoms with E-state index in [1.54, 1.807) is 0 Å². The minimum atomic E-state index is -0.559. The lowest BCUT2D eigenvalue weighted by Crippen LogP contribution is -2.41. The monoisotopic (exact) mass is 296 g/mol. The van der Waals surface area contributed by atoms with Crippen molar-refractivity contribution in [2.24, 2.45) is 0 Å². The van der Waals surface area contributed by atoms with Crippen LogP contribution in [0.1, 0.15) is 39.0 Å². The normalized spacial score (nSPS) is 21.9. The minimum absolute atomic E-state index is 0.0385. The van der Waals surface area contributed by atoms with E-state index in [2.05, 4.69) is 16.9 Å². The van der Waals surface area contributed by atoms with Gasteiger partial charge in [0.2, 0.25) is 0 Å². The Labute approximate surface area is 124 Å². The fraction of sp³-hybridized carbons (Fsp3) is 0.786. The van der Waals surface area contributed by atoms with Crippen LogP contribution in [0.15, 0.2) is 12.4 Å². The van der Waals surface area contributed by atoms with Crippen molar-refractivity contribution in [2.75, 3.05) is 13.1 Å². The van der Waals surface area contributed by atoms with Crippen molar-refractivity contribution < 1.29 is 10.0 Å². The molecular formula is C14H24N4O3. The quantitative estimate of drug-likeness (QED) is 0.639. The smallest absolute Gasteiger partial charge is 0.306 e. The number of likely N-dealkylation sites (tertiary alicyclic amines) is 1. The fourth-order valence-electron chi connectivity index (χ4n) is 3.03. The van der Waals surface area contributed by atoms with E-state index in [1.807, 2.05) is 0 Å². The summed E-state index contributed by atoms with van der Waals surface area (Å²) < 4.78 is 1.45. The zero-order valence-corrected chi connectivity index (χ0v) is 12.5. The van der Waals surface area contributed by atoms with Gasteiger partial charge in [0.05, 0.1) is 17.6 Å². The molecule has 0 saturated carbocycles. The first-order chi connectivity index (χ1) is 10.1. The lowest BCUT2D eigenvalue weighted by Gasteiger charge is -2.30. The predicted molar refractivity (Wildman–Crippen MR) is 79.0 cm³/mol. The molecule has 0 aliphatic carbocycles. The van der Waals surface area contributed by atoms with Crippen LogP contribution in [0.5, 0.6) is 0 Å². The molecule has 0 amide bonds. The zero-order chi connectivity index (χ0) is 15.2. The molecule has 0 bridgehead atoms. The second kappa shape index (κ2) is 7.51. The summed E-state index contributed by atoms with van der Waals surface area (Å²) in [4.78, 5) is 12.5. The van der Waals surface area contributed by atoms with Gasteiger partial charge in [-0.3, -0.25) is 19.7 Å². The number of nitrogens with zero attached hydrogens (tertiary/aromatic N) is 4. The van der Waals surface area contributed by atoms with Gasteiger partial charge in [0, 0.05) is 12.6 Å². The van der Waals surface area contributed by atoms with E-state index in [1.165, 1.54) is 42.8 Å². The maximum Gasteiger partial charge on any atom is 0.306 e. The Morgan fingerprint density at radius 3 is 2.95 bits per heavy atom. The van der Waals surface area contributed by atoms with Gasteiger partial charge in [0.15, 0.2) is 0 Å². The lowest BCUT2D eigenvalue weighted by molar-refractivity contribution is -0.385. The summed E-state index contributed by atoms with van der Waals surface area (Å²) >= 11 is 0. The Hall–Kier alpha value is -1.47. The number of nitro groups is 1. The maximum atomic E-state index is 10.6. The van der Waals surface area contributed by atoms with Crippen LogP contribution in [-0.4, -0.2) is 49.9 Å². The molecule has 0 radical (unpaired) electrons. The molecule has 2 rings (SSSR count). The first kappa shape index (κ1) is 15.9. The van der Waals surface area contributed by atoms with E-state index in [0.717, 1.165) is 13.0 Å². The van der Waals surface area contributed by atoms with E-state index in [4.69, 9.17) is 0 Å². The molecule has 21 heavy (non-hydrogen) atoms. The maximum absolute atomic E-state index is 10.6. The molecule has 1 fully saturated rings. The number of aliphatic hydroxyl groups is 1. The molecule has 7 nitrogen and oxygen atoms in total. The lowest BCUT2D eigenvalue weighted by atomic mass is 10.1. The highest BCUT2D eigenvalue weighted by molar-refractivity contribution is 5.20. The number of rotatable bonds is 6. The Balaban J connectivity index is 1.89. The first-order valence-electron chi connectivity index (χ1n) is 7.69. The van der Waals surface area contributed by atoms with Crippen LogP contribution in [0.25, 0.3) is 0 Å². The van der Waals surface area contributed by atoms with Gasteiger partial charge >= 0.3 is 5.69 Å². The second-order valence-electron chi connectivity index (χ2n) is 5.74. The summed E-state index contributed by atoms with van der Waals surface area (Å²) in [6, 6.07) is 0.536. The molecule has 1 aromatic heterocycles. The van der Waals surface area contributed by atoms with Gasteiger partial charge in [-0.15, -0.1) is 0 Å². The largest absolute Gasteiger partial charge is 0.390 e. The van der Waals surface area contributed by atoms with Crippen LogP contribution >= 0.6 is 0 Å². The Bertz CT molecular complexity index is 463. The standard InChI is InChI=1S/C14H24N4O3/c1-2-12-6-4-3-5-7-16(12)10-14(19)11-17-9-13(8-15-17)18(20)21/h8-9,12,14,19H,2-7,10-11H2,1H3/t12-,14-/m0/s1. The Morgan fingerprint density at radius 2 is 2.29 bits per heavy atom. The topological polar surface area (TPSA) is 84.4 Å². The highest BCUT2D eigenvalue weighted by Crippen LogP contribution is 2.19. The van der Waals surface area contributed by atoms with Gasteiger partial charge in [-0.1, -0.05) is 19.8 Å². The van der Waals surface area contributed by atoms with Crippen molar-refractivity contribution in [3.05, 3.63) is 22.5 Å². The predicted octanol–water partition coefficient (Wildman–Crippen LogP) is 1.81. The average Bonchev–Trinajstić information content (AvgIpc) is 2.79. The van der Waals surface area contributed by atoms with Gasteiger partial charge in [0.25, 0.3) is 0 Å². The molecule has 1 saturated heterocycles. The third kappa shape index (κ3) is 4.50. The number of β-amino-alcohol motifs (C(OH)–C–C–N with tert-alkyl or cyclic N) is 1. The molecule has 0 spiro atoms. The van der Waals surface area contributed by atoms with Crippen LogP contribution < -0.4 is 0 Å². The summed E-state index contributed by atoms with van der Waals surface area (Å²) in [5.41, 5.74) is -0.0385. The average molecular weight is 296 g/mol. The van der Waals surface area contributed by atoms with Crippen LogP contribution in [0.4, 0.5) is 5.69 Å². The van der Waals surface area contributed by atoms with Crippen LogP contribution in [0.2, 0.25) is 0 Å². The summed E-state index contributed by atoms with van der Waals surface area (Å²) in [6.45, 7) is 4.11. The van der Waals surface area contributed by atoms with Gasteiger partial charge in [-0.05, 0) is 25.8 Å². The third-order valence-electron chi connectivity index (χ3n) is 4.14. The molecule has 1 aliphatic rings. The highest BCUT2D eigenvalue weighted by Gasteiger charge is 2.22. The van der Waals surface area contributed by atoms with E-state index >= 15 is 0 Å². The van der Waals surface area contributed by atoms with Gasteiger partial charge in [-0.2, -0.15) is 5.10 Å². The second-order valence-corrected chi connectivity index (χ2v) is 5.74. The van der Waals surface area contributed by atoms with E-state index in [-0.39, 0.29) is 5.69 Å². The molecule has 2 atom stereocenters. The van der Waals surface area contributed by atoms with Gasteiger partial charge in [-0.25, -0.2) is 0 Å². The first-order valence-corrected chi connectivity index (χ1v) is 7.69. The van der Waals surface area contributed by atoms with Crippen molar-refractivity contribution in [1.29, 1.82) is 0 Å². The highest BCUT2D eigenvalue weighted by atomic mass is 16.6. The van der Waals surface area contributed by atoms with Gasteiger partial charge < -0.3 is 5.11 Å². The molecular weight excluding hydrogens is 272 g/mol. The number of aliphatic hydroxyl groups excluding tert-OH is 1. The van der Waals surface area contributed by atoms with Crippen LogP contribution in [0.3, 0.4) is 0 Å². The van der Waals surface area contributed by atoms with Crippen LogP contribution in [0, 0.1) is 10.1 Å². The molecule has 118 valence electrons. The molecule has 0 unspecified atom stereocenters. The molecule has 1 aromatic rings. The summed E-state index contributed by atoms with van der Waals surface area (Å²) in [5.74, 6) is 0. The van der Waals surface area contributed by atoms with Crippen molar-refractivity contribution in [2.45, 2.75) is 57.7 Å². The molecule has 2 heterocycles. The number of hydrogen-bond acceptors (Lipinski definition) is 5. The molecule has 7 heteroatoms. The van der Waals surface area contributed by atoms with E-state index in [0.29, 0.717) is 19.1 Å². The fourth-order valence-corrected chi connectivity index (χ4v) is 3.03. The molecule has 0 aromatic carbocycles. The van der Waals surface area contributed by atoms with Crippen molar-refractivity contribution in [3.8, 4) is 0 Å². The zero-order valence-electron chi connectivity index (χ0n) is 12.5. The SMILES string of the molecule is CC[C@H]1CCCCCN1C[C@H](O)Cn1cc([N+](=O)[O-])cn1. The summed E-state index contributed by atoms with van der Waals surface area (Å²) in [5, 5.41) is 24.8. The third-order valence-corrected chi connectivity index (χ3v) is 4.14. The molecule has 1 aliphatic heterocycles. The number of aromatic nitrogens is 2. The Morgan fingerprint density at radius 1 is 1.48 bits per heavy atom. The van der Waals surface area contributed by atoms with E-state index < -0.39 is 11.0 Å². The molecule has 1 N–H and O–H groups in total. The van der Waals surface area contributed by atoms with Crippen LogP contribution in [-0.2, 0) is 6.54 Å². The summed E-state index contributed by atoms with van der Waals surface area (Å²) in [7, 11) is 0. The van der Waals surface area contributed by atoms with Crippen molar-refractivity contribution in [1.82, 2.24) is 14.7 Å². The minimum Gasteiger partial charge on any atom is -0.390 e. The van der Waals surface area contributed by atoms with E-state index in [9.17, 15) is 15.2 Å². The van der Waals surface area contributed by atoms with Crippen molar-refractivity contribution in [3.63, 3.8) is 0 Å². The van der Waals surface area contributed by atoms with Gasteiger partial charge in [0.1, 0.15) is 12.4 Å². The number of hydrogen-bond donors (Lipinski definition) is 1. The Kier molecular flexibility index (Phi) is 5.69.